The van der Waals surface area contributed by atoms with Gasteiger partial charge in [0.25, 0.3) is 14.2 Å². The molecule has 0 bridgehead atoms. The van der Waals surface area contributed by atoms with Crippen molar-refractivity contribution in [3.05, 3.63) is 143 Å². The Morgan fingerprint density at radius 2 is 1.26 bits per heavy atom. The highest BCUT2D eigenvalue weighted by atomic mass is 28.4. The lowest BCUT2D eigenvalue weighted by atomic mass is 9.96. The number of likely N-dealkylation sites (tertiary alicyclic amines) is 1. The van der Waals surface area contributed by atoms with Gasteiger partial charge in [-0.05, 0) is 110 Å². The predicted octanol–water partition coefficient (Wildman–Crippen LogP) is 11.7. The third-order valence-corrected chi connectivity index (χ3v) is 25.2. The zero-order chi connectivity index (χ0) is 79.0. The molecule has 0 spiro atoms. The van der Waals surface area contributed by atoms with E-state index in [1.54, 1.807) is 120 Å². The van der Waals surface area contributed by atoms with Gasteiger partial charge in [0.1, 0.15) is 42.7 Å². The van der Waals surface area contributed by atoms with Gasteiger partial charge in [-0.25, -0.2) is 42.0 Å². The first kappa shape index (κ1) is 86.9. The molecule has 0 unspecified atom stereocenters. The molecular weight excluding hydrogens is 1420 g/mol. The number of alkyl carbamates (subject to hydrolysis) is 2. The van der Waals surface area contributed by atoms with Crippen LogP contribution in [0.2, 0.25) is 42.3 Å². The van der Waals surface area contributed by atoms with Gasteiger partial charge in [0.05, 0.1) is 25.2 Å². The number of nitrogens with zero attached hydrogens (tertiary/aromatic N) is 3. The summed E-state index contributed by atoms with van der Waals surface area (Å²) in [6.07, 6.45) is -3.39. The number of esters is 1. The van der Waals surface area contributed by atoms with Gasteiger partial charge < -0.3 is 65.3 Å². The summed E-state index contributed by atoms with van der Waals surface area (Å²) >= 11 is 0. The third kappa shape index (κ3) is 26.1. The van der Waals surface area contributed by atoms with Crippen LogP contribution in [0.15, 0.2) is 102 Å². The van der Waals surface area contributed by atoms with E-state index < -0.39 is 178 Å². The van der Waals surface area contributed by atoms with Crippen molar-refractivity contribution < 1.29 is 98.0 Å². The minimum Gasteiger partial charge on any atom is -0.543 e. The summed E-state index contributed by atoms with van der Waals surface area (Å²) in [4.78, 5) is 146. The monoisotopic (exact) mass is 1520 g/mol. The number of ketones is 1. The molecule has 5 rings (SSSR count). The Morgan fingerprint density at radius 3 is 1.81 bits per heavy atom. The standard InChI is InChI=1S/C74H100F5N9O16Si2/c1-15-47(8)62(66(92)82-51(32-35-56(89)102-64-60(78)58(76)57(75)59(77)61(64)79)40-48-30-33-52(34-31-48)104-106(44(2)3,45(4)5)46(6)7)85-67(93)63(90)53(28-22-37-88(73(98)101-43-50-26-20-17-21-27-50)69(80)86-72(97)100-42-49-24-18-16-19-25-49)83-65(91)55-29-23-36-87(55)68(94)54(41-81-70(95)103-74(9,10)11)84-71(96)99-38-39-105(12,13)14/h16-21,24-27,30-35,44-47,51,53-55,62H,15,22-23,28-29,36-43H2,1-14H3,(H,81,95)(H,82,92)(H,83,91)(H,84,96)(H,85,93)(H2,80,86,97)/b35-32+/t47-,51+,53-,54-,55-,62+/m0/s1. The minimum atomic E-state index is -2.50. The molecule has 1 fully saturated rings. The molecule has 580 valence electrons. The van der Waals surface area contributed by atoms with Crippen LogP contribution < -0.4 is 41.5 Å². The second-order valence-corrected chi connectivity index (χ2v) is 39.9. The Hall–Kier alpha value is -9.73. The highest BCUT2D eigenvalue weighted by molar-refractivity contribution is 6.78. The molecule has 32 heteroatoms. The summed E-state index contributed by atoms with van der Waals surface area (Å²) in [5.41, 5.74) is 7.62. The van der Waals surface area contributed by atoms with Gasteiger partial charge >= 0.3 is 30.3 Å². The third-order valence-electron chi connectivity index (χ3n) is 17.5. The summed E-state index contributed by atoms with van der Waals surface area (Å²) in [6.45, 7) is 25.2. The zero-order valence-electron chi connectivity index (χ0n) is 62.5. The smallest absolute Gasteiger partial charge is 0.437 e. The quantitative estimate of drug-likeness (QED) is 0.00216. The van der Waals surface area contributed by atoms with Gasteiger partial charge in [-0.2, -0.15) is 8.78 Å². The molecule has 1 saturated heterocycles. The highest BCUT2D eigenvalue weighted by Gasteiger charge is 2.47. The summed E-state index contributed by atoms with van der Waals surface area (Å²) in [6, 6.07) is 16.6. The number of benzene rings is 4. The number of hydrogen-bond donors (Lipinski definition) is 6. The molecule has 0 aliphatic carbocycles. The predicted molar refractivity (Wildman–Crippen MR) is 389 cm³/mol. The van der Waals surface area contributed by atoms with Crippen LogP contribution in [0.25, 0.3) is 0 Å². The molecule has 4 aromatic carbocycles. The number of nitrogens with two attached hydrogens (primary N) is 1. The first-order valence-electron chi connectivity index (χ1n) is 35.2. The average molecular weight is 1520 g/mol. The number of ether oxygens (including phenoxy) is 5. The van der Waals surface area contributed by atoms with E-state index in [0.717, 1.165) is 15.9 Å². The van der Waals surface area contributed by atoms with Crippen LogP contribution in [0, 0.1) is 35.0 Å². The fourth-order valence-electron chi connectivity index (χ4n) is 11.9. The second-order valence-electron chi connectivity index (χ2n) is 28.9. The van der Waals surface area contributed by atoms with E-state index in [0.29, 0.717) is 34.6 Å². The summed E-state index contributed by atoms with van der Waals surface area (Å²) in [5, 5.41) is 12.7. The van der Waals surface area contributed by atoms with Crippen LogP contribution in [0.5, 0.6) is 11.5 Å². The molecule has 0 radical (unpaired) electrons. The van der Waals surface area contributed by atoms with Gasteiger partial charge in [0, 0.05) is 27.2 Å². The molecule has 4 aromatic rings. The Balaban J connectivity index is 1.52. The van der Waals surface area contributed by atoms with E-state index in [4.69, 9.17) is 29.1 Å². The Labute approximate surface area is 617 Å². The molecule has 7 N–H and O–H groups in total. The fraction of sp³-hybridized carbons (Fsp3) is 0.500. The summed E-state index contributed by atoms with van der Waals surface area (Å²) in [5.74, 6) is -22.3. The Bertz CT molecular complexity index is 3720. The average Bonchev–Trinajstić information content (AvgIpc) is 0.932. The number of guanidine groups is 1. The van der Waals surface area contributed by atoms with Crippen molar-refractivity contribution in [3.8, 4) is 11.5 Å². The highest BCUT2D eigenvalue weighted by Crippen LogP contribution is 2.43. The molecule has 1 aliphatic rings. The number of hydrogen-bond acceptors (Lipinski definition) is 16. The van der Waals surface area contributed by atoms with Crippen LogP contribution in [-0.2, 0) is 67.3 Å². The molecular formula is C74H100F5N9O16Si2. The lowest BCUT2D eigenvalue weighted by molar-refractivity contribution is -0.143. The van der Waals surface area contributed by atoms with E-state index in [1.807, 2.05) is 0 Å². The number of carbonyl (C=O) groups excluding carboxylic acids is 10. The van der Waals surface area contributed by atoms with Crippen LogP contribution in [0.4, 0.5) is 41.1 Å². The van der Waals surface area contributed by atoms with E-state index in [1.165, 1.54) is 0 Å². The maximum absolute atomic E-state index is 15.0. The number of aliphatic imine (C=N–C) groups is 1. The van der Waals surface area contributed by atoms with E-state index >= 15 is 4.79 Å². The zero-order valence-corrected chi connectivity index (χ0v) is 64.5. The van der Waals surface area contributed by atoms with Gasteiger partial charge in [-0.3, -0.25) is 24.0 Å². The molecule has 1 aliphatic heterocycles. The number of Topliss-reactive ketones (excluding diaryl/α,β-unsaturated/α-hetero) is 1. The number of nitrogens with one attached hydrogen (secondary N) is 5. The second kappa shape index (κ2) is 40.1. The first-order valence-corrected chi connectivity index (χ1v) is 41.0. The number of rotatable bonds is 34. The van der Waals surface area contributed by atoms with Crippen molar-refractivity contribution in [2.45, 2.75) is 206 Å². The summed E-state index contributed by atoms with van der Waals surface area (Å²) < 4.78 is 105. The molecule has 106 heavy (non-hydrogen) atoms. The van der Waals surface area contributed by atoms with Gasteiger partial charge in [0.15, 0.2) is 0 Å². The van der Waals surface area contributed by atoms with Crippen LogP contribution >= 0.6 is 0 Å². The Kier molecular flexibility index (Phi) is 32.9. The normalized spacial score (nSPS) is 14.8. The van der Waals surface area contributed by atoms with Crippen LogP contribution in [0.1, 0.15) is 125 Å². The van der Waals surface area contributed by atoms with Crippen molar-refractivity contribution in [3.63, 3.8) is 0 Å². The van der Waals surface area contributed by atoms with Crippen molar-refractivity contribution in [2.75, 3.05) is 26.2 Å². The van der Waals surface area contributed by atoms with Gasteiger partial charge in [-0.15, -0.1) is 4.99 Å². The SMILES string of the molecule is CC[C@H](C)[C@@H](NC(=O)C(=O)[C@H](CCCN(C(=O)OCc1ccccc1)/C(N)=N/C(=O)OCc1ccccc1)NC(=O)[C@@H]1CCCN1C(=O)[C@H](CNC(=O)OC(C)(C)C)NC(=O)OCC[Si](C)(C)C)C(=O)N[C@H](/C=C/C(=O)Oc1c(F)c(F)c(F)c(F)c1F)Cc1ccc(O[Si](C(C)C)(C(C)C)C(C)C)cc1. The maximum atomic E-state index is 15.0. The number of carbonyl (C=O) groups is 10. The maximum Gasteiger partial charge on any atom is 0.437 e. The molecule has 1 heterocycles. The van der Waals surface area contributed by atoms with Crippen LogP contribution in [-0.4, -0.2) is 154 Å². The van der Waals surface area contributed by atoms with Crippen molar-refractivity contribution in [1.82, 2.24) is 36.4 Å². The first-order chi connectivity index (χ1) is 49.8. The topological polar surface area (TPSA) is 331 Å². The van der Waals surface area contributed by atoms with E-state index in [-0.39, 0.29) is 75.1 Å². The Morgan fingerprint density at radius 1 is 0.698 bits per heavy atom. The minimum absolute atomic E-state index is 0.0138. The van der Waals surface area contributed by atoms with Crippen molar-refractivity contribution in [1.29, 1.82) is 0 Å². The molecule has 0 aromatic heterocycles. The molecule has 25 nitrogen and oxygen atoms in total. The number of halogens is 5. The van der Waals surface area contributed by atoms with Crippen molar-refractivity contribution in [2.24, 2.45) is 16.6 Å². The summed E-state index contributed by atoms with van der Waals surface area (Å²) in [7, 11) is -4.19. The molecule has 6 atom stereocenters. The van der Waals surface area contributed by atoms with Gasteiger partial charge in [0.2, 0.25) is 64.3 Å². The largest absolute Gasteiger partial charge is 0.543 e. The molecule has 8 amide bonds. The van der Waals surface area contributed by atoms with Crippen LogP contribution in [0.3, 0.4) is 0 Å². The van der Waals surface area contributed by atoms with E-state index in [2.05, 4.69) is 97.5 Å². The lowest BCUT2D eigenvalue weighted by Gasteiger charge is -2.42. The van der Waals surface area contributed by atoms with Gasteiger partial charge in [-0.1, -0.05) is 160 Å². The molecule has 0 saturated carbocycles. The van der Waals surface area contributed by atoms with Crippen molar-refractivity contribution >= 4 is 82.1 Å². The fourth-order valence-corrected chi connectivity index (χ4v) is 17.8. The number of amides is 8. The lowest BCUT2D eigenvalue weighted by Crippen LogP contribution is -2.59. The van der Waals surface area contributed by atoms with E-state index in [9.17, 15) is 65.1 Å².